The zero-order chi connectivity index (χ0) is 14.0. The van der Waals surface area contributed by atoms with E-state index in [1.165, 1.54) is 11.3 Å². The van der Waals surface area contributed by atoms with Crippen LogP contribution < -0.4 is 5.73 Å². The quantitative estimate of drug-likeness (QED) is 0.939. The Bertz CT molecular complexity index is 575. The summed E-state index contributed by atoms with van der Waals surface area (Å²) in [5.74, 6) is 0. The van der Waals surface area contributed by atoms with E-state index in [9.17, 15) is 0 Å². The van der Waals surface area contributed by atoms with Crippen molar-refractivity contribution in [2.24, 2.45) is 12.8 Å². The van der Waals surface area contributed by atoms with Gasteiger partial charge >= 0.3 is 0 Å². The van der Waals surface area contributed by atoms with Crippen LogP contribution in [0, 0.1) is 6.92 Å². The van der Waals surface area contributed by atoms with E-state index in [1.54, 1.807) is 0 Å². The molecule has 0 radical (unpaired) electrons. The van der Waals surface area contributed by atoms with Crippen LogP contribution in [0.4, 0.5) is 0 Å². The van der Waals surface area contributed by atoms with Crippen molar-refractivity contribution in [3.05, 3.63) is 51.3 Å². The Labute approximate surface area is 122 Å². The van der Waals surface area contributed by atoms with Crippen LogP contribution in [-0.2, 0) is 19.9 Å². The van der Waals surface area contributed by atoms with Gasteiger partial charge in [-0.15, -0.1) is 0 Å². The van der Waals surface area contributed by atoms with E-state index in [2.05, 4.69) is 59.1 Å². The summed E-state index contributed by atoms with van der Waals surface area (Å²) in [5.41, 5.74) is 11.0. The van der Waals surface area contributed by atoms with Gasteiger partial charge in [-0.3, -0.25) is 4.68 Å². The maximum Gasteiger partial charge on any atom is 0.0624 e. The first-order chi connectivity index (χ1) is 9.02. The number of aromatic nitrogens is 2. The molecule has 0 saturated heterocycles. The first-order valence-electron chi connectivity index (χ1n) is 6.55. The van der Waals surface area contributed by atoms with Crippen molar-refractivity contribution >= 4 is 15.9 Å². The zero-order valence-electron chi connectivity index (χ0n) is 11.7. The summed E-state index contributed by atoms with van der Waals surface area (Å²) < 4.78 is 3.04. The van der Waals surface area contributed by atoms with Crippen LogP contribution in [0.15, 0.2) is 28.7 Å². The Hall–Kier alpha value is -1.13. The van der Waals surface area contributed by atoms with Gasteiger partial charge in [-0.1, -0.05) is 41.1 Å². The summed E-state index contributed by atoms with van der Waals surface area (Å²) in [6.07, 6.45) is 1.75. The van der Waals surface area contributed by atoms with Crippen LogP contribution in [0.1, 0.15) is 35.5 Å². The number of hydrogen-bond donors (Lipinski definition) is 1. The number of benzene rings is 1. The molecular formula is C15H20BrN3. The zero-order valence-corrected chi connectivity index (χ0v) is 13.2. The lowest BCUT2D eigenvalue weighted by atomic mass is 10.0. The highest BCUT2D eigenvalue weighted by atomic mass is 79.9. The number of nitrogens with zero attached hydrogens (tertiary/aromatic N) is 2. The third-order valence-electron chi connectivity index (χ3n) is 3.44. The first-order valence-corrected chi connectivity index (χ1v) is 7.34. The van der Waals surface area contributed by atoms with E-state index in [1.807, 2.05) is 11.7 Å². The largest absolute Gasteiger partial charge is 0.324 e. The summed E-state index contributed by atoms with van der Waals surface area (Å²) in [6, 6.07) is 8.34. The Morgan fingerprint density at radius 2 is 2.16 bits per heavy atom. The lowest BCUT2D eigenvalue weighted by molar-refractivity contribution is 0.636. The van der Waals surface area contributed by atoms with Crippen LogP contribution in [0.2, 0.25) is 0 Å². The van der Waals surface area contributed by atoms with Gasteiger partial charge in [0, 0.05) is 29.7 Å². The molecule has 0 amide bonds. The molecule has 0 aliphatic heterocycles. The topological polar surface area (TPSA) is 43.8 Å². The Morgan fingerprint density at radius 1 is 1.42 bits per heavy atom. The van der Waals surface area contributed by atoms with Gasteiger partial charge in [0.25, 0.3) is 0 Å². The monoisotopic (exact) mass is 321 g/mol. The normalized spacial score (nSPS) is 12.7. The number of hydrogen-bond acceptors (Lipinski definition) is 2. The maximum atomic E-state index is 6.35. The summed E-state index contributed by atoms with van der Waals surface area (Å²) in [5, 5.41) is 4.47. The second-order valence-electron chi connectivity index (χ2n) is 4.89. The third-order valence-corrected chi connectivity index (χ3v) is 4.52. The van der Waals surface area contributed by atoms with Crippen molar-refractivity contribution in [3.8, 4) is 0 Å². The highest BCUT2D eigenvalue weighted by Crippen LogP contribution is 2.27. The van der Waals surface area contributed by atoms with Crippen LogP contribution in [0.25, 0.3) is 0 Å². The van der Waals surface area contributed by atoms with Gasteiger partial charge in [0.05, 0.1) is 5.69 Å². The fraction of sp³-hybridized carbons (Fsp3) is 0.400. The van der Waals surface area contributed by atoms with Crippen LogP contribution in [0.5, 0.6) is 0 Å². The molecule has 2 N–H and O–H groups in total. The minimum absolute atomic E-state index is 0.0191. The molecule has 1 heterocycles. The van der Waals surface area contributed by atoms with Gasteiger partial charge in [0.15, 0.2) is 0 Å². The van der Waals surface area contributed by atoms with Crippen LogP contribution in [-0.4, -0.2) is 9.78 Å². The molecule has 3 nitrogen and oxygen atoms in total. The minimum Gasteiger partial charge on any atom is -0.324 e. The van der Waals surface area contributed by atoms with Crippen molar-refractivity contribution in [2.45, 2.75) is 32.7 Å². The van der Waals surface area contributed by atoms with Crippen molar-refractivity contribution in [1.82, 2.24) is 9.78 Å². The van der Waals surface area contributed by atoms with Gasteiger partial charge in [-0.25, -0.2) is 0 Å². The number of halogens is 1. The van der Waals surface area contributed by atoms with Crippen molar-refractivity contribution in [2.75, 3.05) is 0 Å². The average Bonchev–Trinajstić information content (AvgIpc) is 2.73. The molecule has 1 aromatic carbocycles. The van der Waals surface area contributed by atoms with Crippen molar-refractivity contribution < 1.29 is 0 Å². The van der Waals surface area contributed by atoms with Crippen molar-refractivity contribution in [3.63, 3.8) is 0 Å². The van der Waals surface area contributed by atoms with E-state index in [0.717, 1.165) is 28.6 Å². The SMILES string of the molecule is CCc1cc(CC(N)c2cccc(C)c2Br)n(C)n1. The molecule has 0 fully saturated rings. The van der Waals surface area contributed by atoms with E-state index >= 15 is 0 Å². The Balaban J connectivity index is 2.22. The Morgan fingerprint density at radius 3 is 2.79 bits per heavy atom. The fourth-order valence-corrected chi connectivity index (χ4v) is 2.79. The fourth-order valence-electron chi connectivity index (χ4n) is 2.23. The minimum atomic E-state index is -0.0191. The van der Waals surface area contributed by atoms with E-state index in [4.69, 9.17) is 5.73 Å². The van der Waals surface area contributed by atoms with Crippen molar-refractivity contribution in [1.29, 1.82) is 0 Å². The molecule has 0 saturated carbocycles. The summed E-state index contributed by atoms with van der Waals surface area (Å²) in [6.45, 7) is 4.20. The molecule has 1 aromatic heterocycles. The van der Waals surface area contributed by atoms with E-state index in [-0.39, 0.29) is 6.04 Å². The molecule has 1 unspecified atom stereocenters. The number of nitrogens with two attached hydrogens (primary N) is 1. The second kappa shape index (κ2) is 5.88. The standard InChI is InChI=1S/C15H20BrN3/c1-4-11-8-12(19(3)18-11)9-14(17)13-7-5-6-10(2)15(13)16/h5-8,14H,4,9,17H2,1-3H3. The van der Waals surface area contributed by atoms with Gasteiger partial charge < -0.3 is 5.73 Å². The highest BCUT2D eigenvalue weighted by Gasteiger charge is 2.14. The van der Waals surface area contributed by atoms with Gasteiger partial charge in [-0.2, -0.15) is 5.10 Å². The lowest BCUT2D eigenvalue weighted by Crippen LogP contribution is -2.16. The molecule has 0 spiro atoms. The van der Waals surface area contributed by atoms with Gasteiger partial charge in [0.1, 0.15) is 0 Å². The van der Waals surface area contributed by atoms with E-state index < -0.39 is 0 Å². The lowest BCUT2D eigenvalue weighted by Gasteiger charge is -2.15. The molecule has 2 rings (SSSR count). The number of rotatable bonds is 4. The average molecular weight is 322 g/mol. The molecule has 4 heteroatoms. The van der Waals surface area contributed by atoms with Gasteiger partial charge in [-0.05, 0) is 30.5 Å². The third kappa shape index (κ3) is 3.07. The van der Waals surface area contributed by atoms with Crippen LogP contribution >= 0.6 is 15.9 Å². The predicted octanol–water partition coefficient (Wildman–Crippen LogP) is 3.30. The first kappa shape index (κ1) is 14.3. The van der Waals surface area contributed by atoms with Crippen LogP contribution in [0.3, 0.4) is 0 Å². The summed E-state index contributed by atoms with van der Waals surface area (Å²) in [7, 11) is 1.98. The maximum absolute atomic E-state index is 6.35. The van der Waals surface area contributed by atoms with E-state index in [0.29, 0.717) is 0 Å². The molecule has 0 bridgehead atoms. The molecule has 1 atom stereocenters. The smallest absolute Gasteiger partial charge is 0.0624 e. The summed E-state index contributed by atoms with van der Waals surface area (Å²) in [4.78, 5) is 0. The second-order valence-corrected chi connectivity index (χ2v) is 5.69. The highest BCUT2D eigenvalue weighted by molar-refractivity contribution is 9.10. The molecule has 0 aliphatic rings. The van der Waals surface area contributed by atoms with Gasteiger partial charge in [0.2, 0.25) is 0 Å². The molecule has 2 aromatic rings. The molecule has 0 aliphatic carbocycles. The summed E-state index contributed by atoms with van der Waals surface area (Å²) >= 11 is 3.63. The molecule has 19 heavy (non-hydrogen) atoms. The Kier molecular flexibility index (Phi) is 4.42. The molecule has 102 valence electrons. The molecular weight excluding hydrogens is 302 g/mol. The number of aryl methyl sites for hydroxylation is 3. The predicted molar refractivity (Wildman–Crippen MR) is 82.1 cm³/mol.